The van der Waals surface area contributed by atoms with Crippen molar-refractivity contribution in [2.24, 2.45) is 10.8 Å². The minimum absolute atomic E-state index is 0.336. The van der Waals surface area contributed by atoms with E-state index in [1.165, 1.54) is 11.3 Å². The van der Waals surface area contributed by atoms with Crippen LogP contribution in [0, 0.1) is 0 Å². The third kappa shape index (κ3) is 5.14. The molecular formula is C31H36BIN6S. The Hall–Kier alpha value is -2.92. The molecule has 2 aliphatic rings. The Labute approximate surface area is 255 Å². The van der Waals surface area contributed by atoms with Gasteiger partial charge in [-0.15, -0.1) is 22.4 Å². The summed E-state index contributed by atoms with van der Waals surface area (Å²) in [5, 5.41) is 9.96. The van der Waals surface area contributed by atoms with Gasteiger partial charge < -0.3 is 16.1 Å². The van der Waals surface area contributed by atoms with E-state index in [0.29, 0.717) is 21.0 Å². The maximum Gasteiger partial charge on any atom is 0.288 e. The first-order chi connectivity index (χ1) is 19.4. The normalized spacial score (nSPS) is 20.6. The van der Waals surface area contributed by atoms with Gasteiger partial charge in [0.05, 0.1) is 17.3 Å². The summed E-state index contributed by atoms with van der Waals surface area (Å²) in [5.41, 5.74) is 17.5. The molecule has 5 rings (SSSR count). The van der Waals surface area contributed by atoms with Crippen LogP contribution in [-0.4, -0.2) is 39.3 Å². The molecule has 1 aromatic heterocycles. The molecule has 3 aromatic rings. The van der Waals surface area contributed by atoms with Gasteiger partial charge in [-0.3, -0.25) is 4.68 Å². The van der Waals surface area contributed by atoms with Crippen molar-refractivity contribution in [3.63, 3.8) is 0 Å². The lowest BCUT2D eigenvalue weighted by Gasteiger charge is -2.55. The number of halogens is 1. The van der Waals surface area contributed by atoms with Crippen LogP contribution >= 0.6 is 34.0 Å². The predicted octanol–water partition coefficient (Wildman–Crippen LogP) is 7.31. The number of allylic oxidation sites excluding steroid dienone is 1. The highest BCUT2D eigenvalue weighted by Crippen LogP contribution is 2.68. The highest BCUT2D eigenvalue weighted by atomic mass is 127. The molecule has 0 amide bonds. The monoisotopic (exact) mass is 662 g/mol. The van der Waals surface area contributed by atoms with Crippen molar-refractivity contribution in [2.75, 3.05) is 24.7 Å². The summed E-state index contributed by atoms with van der Waals surface area (Å²) < 4.78 is 2.82. The number of hydrazone groups is 1. The number of nitrogens with zero attached hydrogens (tertiary/aromatic N) is 4. The number of nitrogens with one attached hydrogen (secondary N) is 1. The zero-order chi connectivity index (χ0) is 28.4. The summed E-state index contributed by atoms with van der Waals surface area (Å²) in [6.45, 7) is 10.5. The molecule has 9 heteroatoms. The molecule has 0 atom stereocenters. The van der Waals surface area contributed by atoms with Gasteiger partial charge in [0, 0.05) is 31.5 Å². The van der Waals surface area contributed by atoms with Crippen LogP contribution in [-0.2, 0) is 0 Å². The van der Waals surface area contributed by atoms with Crippen LogP contribution in [0.2, 0.25) is 5.31 Å². The van der Waals surface area contributed by atoms with Crippen molar-refractivity contribution in [3.05, 3.63) is 90.3 Å². The summed E-state index contributed by atoms with van der Waals surface area (Å²) in [7, 11) is 3.84. The Kier molecular flexibility index (Phi) is 8.51. The molecule has 0 unspecified atom stereocenters. The summed E-state index contributed by atoms with van der Waals surface area (Å²) in [5.74, 6) is 1.64. The number of amidine groups is 1. The average molecular weight is 662 g/mol. The number of benzene rings is 2. The largest absolute Gasteiger partial charge is 0.382 e. The molecule has 2 fully saturated rings. The molecule has 1 spiro atoms. The minimum atomic E-state index is 0.336. The molecule has 40 heavy (non-hydrogen) atoms. The van der Waals surface area contributed by atoms with Gasteiger partial charge >= 0.3 is 0 Å². The highest BCUT2D eigenvalue weighted by Gasteiger charge is 2.58. The zero-order valence-electron chi connectivity index (χ0n) is 23.4. The van der Waals surface area contributed by atoms with Crippen LogP contribution in [0.25, 0.3) is 29.0 Å². The standard InChI is InChI=1S/C31H36BIN6S/c1-6-21-16-23(14-15-26(21)22(7-2)19-38(5)24-12-10-9-11-13-24)29-28(30(34)36-35-4)27(8-3)39(37-29)25-17-31(18-25)20-40-32(31)33/h6,8-16,19,25,35H,1,3,7,17-18,20H2,2,4-5H3,(H2,34,36)/b22-19-. The molecular weight excluding hydrogens is 626 g/mol. The molecule has 1 aliphatic heterocycles. The maximum absolute atomic E-state index is 6.53. The Morgan fingerprint density at radius 2 is 2.02 bits per heavy atom. The predicted molar refractivity (Wildman–Crippen MR) is 184 cm³/mol. The van der Waals surface area contributed by atoms with Gasteiger partial charge in [0.2, 0.25) is 0 Å². The summed E-state index contributed by atoms with van der Waals surface area (Å²) >= 11 is 4.64. The first-order valence-electron chi connectivity index (χ1n) is 13.6. The number of para-hydroxylation sites is 1. The fraction of sp³-hybridized carbons (Fsp3) is 0.290. The molecule has 0 bridgehead atoms. The van der Waals surface area contributed by atoms with Crippen LogP contribution in [0.1, 0.15) is 54.6 Å². The first kappa shape index (κ1) is 28.6. The number of nitrogens with two attached hydrogens (primary N) is 1. The van der Waals surface area contributed by atoms with Crippen LogP contribution < -0.4 is 16.1 Å². The van der Waals surface area contributed by atoms with E-state index in [9.17, 15) is 0 Å². The molecule has 0 radical (unpaired) electrons. The first-order valence-corrected chi connectivity index (χ1v) is 15.9. The fourth-order valence-corrected chi connectivity index (χ4v) is 8.56. The van der Waals surface area contributed by atoms with Gasteiger partial charge in [-0.25, -0.2) is 0 Å². The maximum atomic E-state index is 6.53. The molecule has 206 valence electrons. The van der Waals surface area contributed by atoms with Crippen LogP contribution in [0.5, 0.6) is 0 Å². The SMILES string of the molecule is C=Cc1cc(-c2nn(C3CC4(CSB4I)C3)c(C=C)c2/C(N)=N\NC)ccc1/C(=C\N(C)c1ccccc1)CC. The van der Waals surface area contributed by atoms with Crippen LogP contribution in [0.3, 0.4) is 0 Å². The Morgan fingerprint density at radius 3 is 2.60 bits per heavy atom. The van der Waals surface area contributed by atoms with Gasteiger partial charge in [0.15, 0.2) is 5.84 Å². The molecule has 2 heterocycles. The van der Waals surface area contributed by atoms with Crippen molar-refractivity contribution < 1.29 is 0 Å². The Morgan fingerprint density at radius 1 is 1.27 bits per heavy atom. The number of hydrogen-bond donors (Lipinski definition) is 2. The molecule has 1 aliphatic carbocycles. The lowest BCUT2D eigenvalue weighted by molar-refractivity contribution is 0.214. The number of aromatic nitrogens is 2. The van der Waals surface area contributed by atoms with Crippen LogP contribution in [0.15, 0.2) is 73.0 Å². The van der Waals surface area contributed by atoms with Gasteiger partial charge in [0.25, 0.3) is 3.85 Å². The van der Waals surface area contributed by atoms with Crippen molar-refractivity contribution >= 4 is 67.1 Å². The third-order valence-corrected chi connectivity index (χ3v) is 12.0. The molecule has 2 aromatic carbocycles. The lowest BCUT2D eigenvalue weighted by Crippen LogP contribution is -2.49. The van der Waals surface area contributed by atoms with Gasteiger partial charge in [-0.2, -0.15) is 21.8 Å². The van der Waals surface area contributed by atoms with Crippen molar-refractivity contribution in [1.82, 2.24) is 15.2 Å². The summed E-state index contributed by atoms with van der Waals surface area (Å²) in [6.07, 6.45) is 9.15. The Balaban J connectivity index is 1.55. The van der Waals surface area contributed by atoms with Crippen molar-refractivity contribution in [1.29, 1.82) is 0 Å². The van der Waals surface area contributed by atoms with Gasteiger partial charge in [-0.05, 0) is 71.3 Å². The second-order valence-corrected chi connectivity index (χ2v) is 13.7. The lowest BCUT2D eigenvalue weighted by atomic mass is 9.52. The van der Waals surface area contributed by atoms with E-state index >= 15 is 0 Å². The van der Waals surface area contributed by atoms with E-state index in [1.54, 1.807) is 7.05 Å². The van der Waals surface area contributed by atoms with Crippen molar-refractivity contribution in [3.8, 4) is 11.3 Å². The van der Waals surface area contributed by atoms with E-state index in [2.05, 4.69) is 130 Å². The molecule has 1 saturated heterocycles. The smallest absolute Gasteiger partial charge is 0.288 e. The average Bonchev–Trinajstić information content (AvgIpc) is 3.34. The quantitative estimate of drug-likeness (QED) is 0.0784. The summed E-state index contributed by atoms with van der Waals surface area (Å²) in [6, 6.07) is 17.2. The Bertz CT molecular complexity index is 1470. The molecule has 3 N–H and O–H groups in total. The molecule has 6 nitrogen and oxygen atoms in total. The minimum Gasteiger partial charge on any atom is -0.382 e. The van der Waals surface area contributed by atoms with E-state index < -0.39 is 0 Å². The van der Waals surface area contributed by atoms with Gasteiger partial charge in [0.1, 0.15) is 5.69 Å². The number of anilines is 1. The zero-order valence-corrected chi connectivity index (χ0v) is 26.4. The van der Waals surface area contributed by atoms with E-state index in [1.807, 2.05) is 18.2 Å². The number of rotatable bonds is 10. The van der Waals surface area contributed by atoms with E-state index in [4.69, 9.17) is 10.8 Å². The van der Waals surface area contributed by atoms with Gasteiger partial charge in [-0.1, -0.05) is 56.5 Å². The third-order valence-electron chi connectivity index (χ3n) is 8.04. The second kappa shape index (κ2) is 11.9. The topological polar surface area (TPSA) is 71.5 Å². The fourth-order valence-electron chi connectivity index (χ4n) is 5.78. The second-order valence-electron chi connectivity index (χ2n) is 10.5. The summed E-state index contributed by atoms with van der Waals surface area (Å²) in [4.78, 5) is 2.16. The van der Waals surface area contributed by atoms with E-state index in [0.717, 1.165) is 58.6 Å². The van der Waals surface area contributed by atoms with E-state index in [-0.39, 0.29) is 0 Å². The number of hydrogen-bond acceptors (Lipinski definition) is 5. The highest BCUT2D eigenvalue weighted by molar-refractivity contribution is 14.1. The molecule has 1 saturated carbocycles. The van der Waals surface area contributed by atoms with Crippen molar-refractivity contribution in [2.45, 2.75) is 37.5 Å². The van der Waals surface area contributed by atoms with Crippen LogP contribution in [0.4, 0.5) is 5.69 Å².